The first-order valence-electron chi connectivity index (χ1n) is 6.22. The summed E-state index contributed by atoms with van der Waals surface area (Å²) in [5, 5.41) is 16.8. The second-order valence-corrected chi connectivity index (χ2v) is 5.95. The van der Waals surface area contributed by atoms with Crippen LogP contribution in [0.3, 0.4) is 0 Å². The first-order chi connectivity index (χ1) is 8.69. The SMILES string of the molecule is CC(C)C(C(N)=O)(C(=NO)n1cccn1)C(C)(C)C. The Morgan fingerprint density at radius 1 is 1.42 bits per heavy atom. The maximum Gasteiger partial charge on any atom is 0.232 e. The van der Waals surface area contributed by atoms with Crippen molar-refractivity contribution in [2.45, 2.75) is 34.6 Å². The minimum atomic E-state index is -1.13. The van der Waals surface area contributed by atoms with E-state index in [1.165, 1.54) is 4.68 Å². The fraction of sp³-hybridized carbons (Fsp3) is 0.615. The Labute approximate surface area is 113 Å². The molecule has 1 unspecified atom stereocenters. The smallest absolute Gasteiger partial charge is 0.232 e. The molecule has 106 valence electrons. The van der Waals surface area contributed by atoms with Gasteiger partial charge in [0, 0.05) is 12.4 Å². The van der Waals surface area contributed by atoms with Gasteiger partial charge < -0.3 is 10.9 Å². The van der Waals surface area contributed by atoms with E-state index >= 15 is 0 Å². The number of aromatic nitrogens is 2. The quantitative estimate of drug-likeness (QED) is 0.377. The van der Waals surface area contributed by atoms with E-state index in [1.807, 2.05) is 34.6 Å². The molecule has 1 heterocycles. The zero-order valence-electron chi connectivity index (χ0n) is 12.1. The molecule has 19 heavy (non-hydrogen) atoms. The molecule has 0 aliphatic carbocycles. The van der Waals surface area contributed by atoms with Crippen molar-refractivity contribution in [3.8, 4) is 0 Å². The lowest BCUT2D eigenvalue weighted by atomic mass is 9.59. The van der Waals surface area contributed by atoms with E-state index in [0.717, 1.165) is 0 Å². The van der Waals surface area contributed by atoms with Gasteiger partial charge in [0.15, 0.2) is 5.84 Å². The first-order valence-corrected chi connectivity index (χ1v) is 6.22. The first kappa shape index (κ1) is 15.2. The van der Waals surface area contributed by atoms with Crippen LogP contribution in [0.1, 0.15) is 34.6 Å². The molecule has 0 spiro atoms. The highest BCUT2D eigenvalue weighted by molar-refractivity contribution is 6.08. The van der Waals surface area contributed by atoms with Crippen LogP contribution in [0.5, 0.6) is 0 Å². The molecule has 3 N–H and O–H groups in total. The van der Waals surface area contributed by atoms with Crippen LogP contribution < -0.4 is 5.73 Å². The number of primary amides is 1. The van der Waals surface area contributed by atoms with Gasteiger partial charge in [-0.2, -0.15) is 5.10 Å². The van der Waals surface area contributed by atoms with E-state index in [2.05, 4.69) is 10.3 Å². The predicted molar refractivity (Wildman–Crippen MR) is 72.8 cm³/mol. The van der Waals surface area contributed by atoms with Crippen LogP contribution in [0.15, 0.2) is 23.6 Å². The van der Waals surface area contributed by atoms with Crippen LogP contribution in [0.2, 0.25) is 0 Å². The second-order valence-electron chi connectivity index (χ2n) is 5.95. The monoisotopic (exact) mass is 266 g/mol. The molecule has 1 aromatic heterocycles. The maximum atomic E-state index is 12.2. The van der Waals surface area contributed by atoms with Crippen molar-refractivity contribution in [1.29, 1.82) is 0 Å². The topological polar surface area (TPSA) is 93.5 Å². The number of amides is 1. The number of nitrogens with zero attached hydrogens (tertiary/aromatic N) is 3. The van der Waals surface area contributed by atoms with E-state index in [0.29, 0.717) is 0 Å². The Morgan fingerprint density at radius 3 is 2.26 bits per heavy atom. The van der Waals surface area contributed by atoms with Gasteiger partial charge in [0.2, 0.25) is 5.91 Å². The Hall–Kier alpha value is -1.85. The van der Waals surface area contributed by atoms with Crippen LogP contribution in [-0.4, -0.2) is 26.7 Å². The highest BCUT2D eigenvalue weighted by Crippen LogP contribution is 2.46. The second kappa shape index (κ2) is 5.03. The summed E-state index contributed by atoms with van der Waals surface area (Å²) >= 11 is 0. The summed E-state index contributed by atoms with van der Waals surface area (Å²) in [6.45, 7) is 9.45. The lowest BCUT2D eigenvalue weighted by Gasteiger charge is -2.44. The van der Waals surface area contributed by atoms with Gasteiger partial charge in [-0.15, -0.1) is 0 Å². The average molecular weight is 266 g/mol. The number of nitrogens with two attached hydrogens (primary N) is 1. The molecule has 6 nitrogen and oxygen atoms in total. The Balaban J connectivity index is 3.60. The zero-order chi connectivity index (χ0) is 14.8. The fourth-order valence-electron chi connectivity index (χ4n) is 2.92. The molecular formula is C13H22N4O2. The standard InChI is InChI=1S/C13H22N4O2/c1-9(2)13(10(14)18,12(3,4)5)11(16-19)17-8-6-7-15-17/h6-9,19H,1-5H3,(H2,14,18). The van der Waals surface area contributed by atoms with Crippen LogP contribution >= 0.6 is 0 Å². The van der Waals surface area contributed by atoms with Gasteiger partial charge in [0.1, 0.15) is 5.41 Å². The third-order valence-electron chi connectivity index (χ3n) is 3.61. The molecule has 1 aromatic rings. The van der Waals surface area contributed by atoms with Gasteiger partial charge in [0.25, 0.3) is 0 Å². The van der Waals surface area contributed by atoms with Crippen LogP contribution in [0.4, 0.5) is 0 Å². The summed E-state index contributed by atoms with van der Waals surface area (Å²) in [5.74, 6) is -0.536. The van der Waals surface area contributed by atoms with E-state index in [1.54, 1.807) is 18.5 Å². The van der Waals surface area contributed by atoms with Crippen molar-refractivity contribution < 1.29 is 10.0 Å². The summed E-state index contributed by atoms with van der Waals surface area (Å²) < 4.78 is 1.38. The third-order valence-corrected chi connectivity index (χ3v) is 3.61. The molecule has 1 atom stereocenters. The minimum Gasteiger partial charge on any atom is -0.409 e. The Kier molecular flexibility index (Phi) is 4.03. The number of hydrogen-bond acceptors (Lipinski definition) is 4. The van der Waals surface area contributed by atoms with Crippen LogP contribution in [0.25, 0.3) is 0 Å². The summed E-state index contributed by atoms with van der Waals surface area (Å²) in [6, 6.07) is 1.69. The van der Waals surface area contributed by atoms with Gasteiger partial charge in [-0.05, 0) is 17.4 Å². The van der Waals surface area contributed by atoms with Crippen LogP contribution in [-0.2, 0) is 4.79 Å². The van der Waals surface area contributed by atoms with Crippen molar-refractivity contribution in [2.24, 2.45) is 27.6 Å². The lowest BCUT2D eigenvalue weighted by molar-refractivity contribution is -0.131. The van der Waals surface area contributed by atoms with Gasteiger partial charge in [-0.1, -0.05) is 39.8 Å². The number of oxime groups is 1. The molecule has 0 saturated heterocycles. The summed E-state index contributed by atoms with van der Waals surface area (Å²) in [5.41, 5.74) is 4.01. The molecular weight excluding hydrogens is 244 g/mol. The predicted octanol–water partition coefficient (Wildman–Crippen LogP) is 1.69. The lowest BCUT2D eigenvalue weighted by Crippen LogP contribution is -2.58. The van der Waals surface area contributed by atoms with Crippen molar-refractivity contribution in [2.75, 3.05) is 0 Å². The van der Waals surface area contributed by atoms with Crippen molar-refractivity contribution >= 4 is 11.7 Å². The van der Waals surface area contributed by atoms with Crippen molar-refractivity contribution in [3.63, 3.8) is 0 Å². The molecule has 0 bridgehead atoms. The normalized spacial score (nSPS) is 16.4. The van der Waals surface area contributed by atoms with Gasteiger partial charge in [-0.25, -0.2) is 4.68 Å². The molecule has 0 aliphatic rings. The number of hydrogen-bond donors (Lipinski definition) is 2. The summed E-state index contributed by atoms with van der Waals surface area (Å²) in [4.78, 5) is 12.2. The highest BCUT2D eigenvalue weighted by Gasteiger charge is 2.55. The van der Waals surface area contributed by atoms with E-state index < -0.39 is 16.7 Å². The van der Waals surface area contributed by atoms with E-state index in [4.69, 9.17) is 5.73 Å². The highest BCUT2D eigenvalue weighted by atomic mass is 16.4. The summed E-state index contributed by atoms with van der Waals surface area (Å²) in [7, 11) is 0. The van der Waals surface area contributed by atoms with Gasteiger partial charge >= 0.3 is 0 Å². The van der Waals surface area contributed by atoms with E-state index in [9.17, 15) is 10.0 Å². The largest absolute Gasteiger partial charge is 0.409 e. The molecule has 6 heteroatoms. The molecule has 0 saturated carbocycles. The van der Waals surface area contributed by atoms with Gasteiger partial charge in [-0.3, -0.25) is 4.79 Å². The fourth-order valence-corrected chi connectivity index (χ4v) is 2.92. The molecule has 1 amide bonds. The molecule has 0 radical (unpaired) electrons. The number of carbonyl (C=O) groups excluding carboxylic acids is 1. The number of carbonyl (C=O) groups is 1. The average Bonchev–Trinajstić information content (AvgIpc) is 2.75. The van der Waals surface area contributed by atoms with Crippen LogP contribution in [0, 0.1) is 16.7 Å². The van der Waals surface area contributed by atoms with E-state index in [-0.39, 0.29) is 11.8 Å². The minimum absolute atomic E-state index is 0.146. The molecule has 0 aromatic carbocycles. The van der Waals surface area contributed by atoms with Gasteiger partial charge in [0.05, 0.1) is 0 Å². The Bertz CT molecular complexity index is 471. The Morgan fingerprint density at radius 2 is 2.00 bits per heavy atom. The molecule has 0 fully saturated rings. The summed E-state index contributed by atoms with van der Waals surface area (Å²) in [6.07, 6.45) is 3.18. The third kappa shape index (κ3) is 2.22. The van der Waals surface area contributed by atoms with Crippen molar-refractivity contribution in [3.05, 3.63) is 18.5 Å². The maximum absolute atomic E-state index is 12.2. The molecule has 1 rings (SSSR count). The molecule has 0 aliphatic heterocycles. The van der Waals surface area contributed by atoms with Crippen molar-refractivity contribution in [1.82, 2.24) is 9.78 Å². The zero-order valence-corrected chi connectivity index (χ0v) is 12.1. The number of rotatable bonds is 3.